The Morgan fingerprint density at radius 1 is 1.14 bits per heavy atom. The van der Waals surface area contributed by atoms with E-state index < -0.39 is 0 Å². The topological polar surface area (TPSA) is 46.6 Å². The minimum absolute atomic E-state index is 0.0438. The van der Waals surface area contributed by atoms with Gasteiger partial charge in [-0.15, -0.1) is 0 Å². The Hall–Kier alpha value is -1.84. The van der Waals surface area contributed by atoms with E-state index >= 15 is 0 Å². The van der Waals surface area contributed by atoms with Crippen molar-refractivity contribution in [2.45, 2.75) is 39.5 Å². The van der Waals surface area contributed by atoms with Crippen LogP contribution in [0.3, 0.4) is 0 Å². The maximum Gasteiger partial charge on any atom is 0.222 e. The molecule has 0 unspecified atom stereocenters. The third-order valence-electron chi connectivity index (χ3n) is 3.34. The Bertz CT molecular complexity index is 454. The van der Waals surface area contributed by atoms with Crippen molar-refractivity contribution in [2.24, 2.45) is 0 Å². The van der Waals surface area contributed by atoms with Gasteiger partial charge in [0.2, 0.25) is 5.91 Å². The number of hydrogen-bond acceptors (Lipinski definition) is 3. The van der Waals surface area contributed by atoms with Crippen molar-refractivity contribution in [3.63, 3.8) is 0 Å². The van der Waals surface area contributed by atoms with Gasteiger partial charge in [0.15, 0.2) is 5.78 Å². The predicted molar refractivity (Wildman–Crippen MR) is 83.7 cm³/mol. The molecule has 0 saturated heterocycles. The number of unbranched alkanes of at least 4 members (excludes halogenated alkanes) is 1. The molecule has 4 nitrogen and oxygen atoms in total. The molecule has 0 aliphatic carbocycles. The summed E-state index contributed by atoms with van der Waals surface area (Å²) < 4.78 is 5.57. The molecule has 116 valence electrons. The molecule has 1 rings (SSSR count). The first-order valence-corrected chi connectivity index (χ1v) is 7.52. The molecular formula is C17H25NO3. The molecule has 0 aliphatic rings. The zero-order valence-electron chi connectivity index (χ0n) is 13.2. The SMILES string of the molecule is CCCCN(C)C(=O)CCCOc1ccc(C(C)=O)cc1. The van der Waals surface area contributed by atoms with Crippen LogP contribution < -0.4 is 4.74 Å². The number of carbonyl (C=O) groups is 2. The molecule has 21 heavy (non-hydrogen) atoms. The van der Waals surface area contributed by atoms with Crippen LogP contribution in [0.2, 0.25) is 0 Å². The summed E-state index contributed by atoms with van der Waals surface area (Å²) in [6, 6.07) is 7.07. The summed E-state index contributed by atoms with van der Waals surface area (Å²) in [6.07, 6.45) is 3.34. The van der Waals surface area contributed by atoms with Gasteiger partial charge in [0.05, 0.1) is 6.61 Å². The average Bonchev–Trinajstić information content (AvgIpc) is 2.49. The van der Waals surface area contributed by atoms with E-state index in [9.17, 15) is 9.59 Å². The summed E-state index contributed by atoms with van der Waals surface area (Å²) in [4.78, 5) is 24.7. The van der Waals surface area contributed by atoms with Gasteiger partial charge in [-0.05, 0) is 44.0 Å². The van der Waals surface area contributed by atoms with E-state index in [0.29, 0.717) is 25.0 Å². The summed E-state index contributed by atoms with van der Waals surface area (Å²) >= 11 is 0. The number of ether oxygens (including phenoxy) is 1. The van der Waals surface area contributed by atoms with Gasteiger partial charge < -0.3 is 9.64 Å². The molecule has 0 N–H and O–H groups in total. The number of nitrogens with zero attached hydrogens (tertiary/aromatic N) is 1. The van der Waals surface area contributed by atoms with Crippen molar-refractivity contribution >= 4 is 11.7 Å². The first-order chi connectivity index (χ1) is 10.0. The van der Waals surface area contributed by atoms with Gasteiger partial charge in [0, 0.05) is 25.6 Å². The third-order valence-corrected chi connectivity index (χ3v) is 3.34. The van der Waals surface area contributed by atoms with Crippen LogP contribution in [-0.4, -0.2) is 36.8 Å². The lowest BCUT2D eigenvalue weighted by atomic mass is 10.1. The highest BCUT2D eigenvalue weighted by Crippen LogP contribution is 2.13. The smallest absolute Gasteiger partial charge is 0.222 e. The molecule has 0 saturated carbocycles. The van der Waals surface area contributed by atoms with E-state index in [1.54, 1.807) is 29.2 Å². The van der Waals surface area contributed by atoms with Crippen molar-refractivity contribution < 1.29 is 14.3 Å². The standard InChI is InChI=1S/C17H25NO3/c1-4-5-12-18(3)17(20)7-6-13-21-16-10-8-15(9-11-16)14(2)19/h8-11H,4-7,12-13H2,1-3H3. The van der Waals surface area contributed by atoms with Crippen LogP contribution in [0.1, 0.15) is 49.9 Å². The zero-order chi connectivity index (χ0) is 15.7. The number of amides is 1. The lowest BCUT2D eigenvalue weighted by molar-refractivity contribution is -0.130. The van der Waals surface area contributed by atoms with E-state index in [2.05, 4.69) is 6.92 Å². The van der Waals surface area contributed by atoms with Gasteiger partial charge in [-0.3, -0.25) is 9.59 Å². The summed E-state index contributed by atoms with van der Waals surface area (Å²) in [5.41, 5.74) is 0.676. The average molecular weight is 291 g/mol. The Morgan fingerprint density at radius 2 is 1.81 bits per heavy atom. The zero-order valence-corrected chi connectivity index (χ0v) is 13.2. The van der Waals surface area contributed by atoms with Gasteiger partial charge in [0.1, 0.15) is 5.75 Å². The number of hydrogen-bond donors (Lipinski definition) is 0. The maximum absolute atomic E-state index is 11.8. The molecule has 1 amide bonds. The Balaban J connectivity index is 2.24. The molecule has 0 bridgehead atoms. The molecule has 4 heteroatoms. The van der Waals surface area contributed by atoms with E-state index in [-0.39, 0.29) is 11.7 Å². The highest BCUT2D eigenvalue weighted by atomic mass is 16.5. The van der Waals surface area contributed by atoms with E-state index in [4.69, 9.17) is 4.74 Å². The lowest BCUT2D eigenvalue weighted by Gasteiger charge is -2.16. The first kappa shape index (κ1) is 17.2. The lowest BCUT2D eigenvalue weighted by Crippen LogP contribution is -2.27. The number of rotatable bonds is 9. The molecule has 1 aromatic rings. The molecule has 0 spiro atoms. The van der Waals surface area contributed by atoms with Gasteiger partial charge in [-0.2, -0.15) is 0 Å². The molecule has 0 aromatic heterocycles. The Morgan fingerprint density at radius 3 is 2.38 bits per heavy atom. The quantitative estimate of drug-likeness (QED) is 0.518. The predicted octanol–water partition coefficient (Wildman–Crippen LogP) is 3.31. The molecular weight excluding hydrogens is 266 g/mol. The first-order valence-electron chi connectivity index (χ1n) is 7.52. The van der Waals surface area contributed by atoms with Crippen LogP contribution >= 0.6 is 0 Å². The third kappa shape index (κ3) is 6.43. The van der Waals surface area contributed by atoms with E-state index in [0.717, 1.165) is 25.1 Å². The van der Waals surface area contributed by atoms with E-state index in [1.165, 1.54) is 6.92 Å². The van der Waals surface area contributed by atoms with Crippen LogP contribution in [-0.2, 0) is 4.79 Å². The minimum Gasteiger partial charge on any atom is -0.494 e. The molecule has 0 aliphatic heterocycles. The number of Topliss-reactive ketones (excluding diaryl/α,β-unsaturated/α-hetero) is 1. The highest BCUT2D eigenvalue weighted by Gasteiger charge is 2.07. The molecule has 0 heterocycles. The molecule has 1 aromatic carbocycles. The normalized spacial score (nSPS) is 10.2. The van der Waals surface area contributed by atoms with Gasteiger partial charge in [0.25, 0.3) is 0 Å². The molecule has 0 atom stereocenters. The number of carbonyl (C=O) groups excluding carboxylic acids is 2. The Labute approximate surface area is 127 Å². The van der Waals surface area contributed by atoms with Crippen LogP contribution in [0.15, 0.2) is 24.3 Å². The second-order valence-corrected chi connectivity index (χ2v) is 5.20. The summed E-state index contributed by atoms with van der Waals surface area (Å²) in [7, 11) is 1.85. The van der Waals surface area contributed by atoms with Gasteiger partial charge in [-0.25, -0.2) is 0 Å². The van der Waals surface area contributed by atoms with Crippen molar-refractivity contribution in [1.29, 1.82) is 0 Å². The second-order valence-electron chi connectivity index (χ2n) is 5.20. The summed E-state index contributed by atoms with van der Waals surface area (Å²) in [5, 5.41) is 0. The van der Waals surface area contributed by atoms with Crippen molar-refractivity contribution in [3.8, 4) is 5.75 Å². The monoisotopic (exact) mass is 291 g/mol. The van der Waals surface area contributed by atoms with Gasteiger partial charge in [-0.1, -0.05) is 13.3 Å². The summed E-state index contributed by atoms with van der Waals surface area (Å²) in [5.74, 6) is 0.938. The van der Waals surface area contributed by atoms with Crippen molar-refractivity contribution in [2.75, 3.05) is 20.2 Å². The van der Waals surface area contributed by atoms with Crippen LogP contribution in [0, 0.1) is 0 Å². The van der Waals surface area contributed by atoms with E-state index in [1.807, 2.05) is 7.05 Å². The van der Waals surface area contributed by atoms with Crippen molar-refractivity contribution in [3.05, 3.63) is 29.8 Å². The van der Waals surface area contributed by atoms with Crippen LogP contribution in [0.25, 0.3) is 0 Å². The minimum atomic E-state index is 0.0438. The molecule has 0 radical (unpaired) electrons. The largest absolute Gasteiger partial charge is 0.494 e. The number of benzene rings is 1. The van der Waals surface area contributed by atoms with Gasteiger partial charge >= 0.3 is 0 Å². The number of ketones is 1. The fraction of sp³-hybridized carbons (Fsp3) is 0.529. The van der Waals surface area contributed by atoms with Crippen LogP contribution in [0.5, 0.6) is 5.75 Å². The Kier molecular flexibility index (Phi) is 7.51. The fourth-order valence-electron chi connectivity index (χ4n) is 1.91. The highest BCUT2D eigenvalue weighted by molar-refractivity contribution is 5.94. The molecule has 0 fully saturated rings. The van der Waals surface area contributed by atoms with Crippen molar-refractivity contribution in [1.82, 2.24) is 4.90 Å². The second kappa shape index (κ2) is 9.16. The summed E-state index contributed by atoms with van der Waals surface area (Å²) in [6.45, 7) is 4.98. The maximum atomic E-state index is 11.8. The fourth-order valence-corrected chi connectivity index (χ4v) is 1.91. The van der Waals surface area contributed by atoms with Crippen LogP contribution in [0.4, 0.5) is 0 Å².